The highest BCUT2D eigenvalue weighted by atomic mass is 14.9. The molecule has 0 spiro atoms. The van der Waals surface area contributed by atoms with Gasteiger partial charge in [-0.1, -0.05) is 36.8 Å². The van der Waals surface area contributed by atoms with Crippen LogP contribution in [-0.4, -0.2) is 0 Å². The van der Waals surface area contributed by atoms with Crippen LogP contribution in [0, 0.1) is 6.92 Å². The first-order valence-electron chi connectivity index (χ1n) is 5.41. The van der Waals surface area contributed by atoms with Gasteiger partial charge < -0.3 is 5.32 Å². The Balaban J connectivity index is 2.71. The molecule has 1 heteroatoms. The van der Waals surface area contributed by atoms with E-state index in [4.69, 9.17) is 0 Å². The highest BCUT2D eigenvalue weighted by molar-refractivity contribution is 5.49. The Bertz CT molecular complexity index is 344. The molecule has 0 aromatic heterocycles. The smallest absolute Gasteiger partial charge is 0.0381 e. The standard InChI is InChI=1S/C14H19N/c1-4-6-7-13(5-2)15-14-10-8-12(3)9-11-14/h4,6-11,15H,5H2,1-3H3/b6-4-,13-7+. The molecule has 0 aliphatic heterocycles. The summed E-state index contributed by atoms with van der Waals surface area (Å²) in [5, 5.41) is 3.40. The maximum Gasteiger partial charge on any atom is 0.0381 e. The van der Waals surface area contributed by atoms with Gasteiger partial charge in [0.05, 0.1) is 0 Å². The number of anilines is 1. The number of allylic oxidation sites excluding steroid dienone is 4. The fraction of sp³-hybridized carbons (Fsp3) is 0.286. The van der Waals surface area contributed by atoms with Gasteiger partial charge in [-0.15, -0.1) is 0 Å². The molecule has 0 amide bonds. The fourth-order valence-corrected chi connectivity index (χ4v) is 1.28. The predicted octanol–water partition coefficient (Wildman–Crippen LogP) is 4.28. The number of aryl methyl sites for hydroxylation is 1. The zero-order chi connectivity index (χ0) is 11.1. The molecule has 0 bridgehead atoms. The quantitative estimate of drug-likeness (QED) is 0.717. The van der Waals surface area contributed by atoms with Gasteiger partial charge in [0, 0.05) is 11.4 Å². The number of rotatable bonds is 4. The summed E-state index contributed by atoms with van der Waals surface area (Å²) in [7, 11) is 0. The molecule has 0 fully saturated rings. The summed E-state index contributed by atoms with van der Waals surface area (Å²) in [5.41, 5.74) is 3.67. The molecule has 0 saturated heterocycles. The Kier molecular flexibility index (Phi) is 4.69. The normalized spacial score (nSPS) is 12.1. The van der Waals surface area contributed by atoms with Crippen LogP contribution in [-0.2, 0) is 0 Å². The third-order valence-electron chi connectivity index (χ3n) is 2.23. The van der Waals surface area contributed by atoms with E-state index in [9.17, 15) is 0 Å². The van der Waals surface area contributed by atoms with Crippen LogP contribution in [0.15, 0.2) is 48.2 Å². The Labute approximate surface area is 92.5 Å². The molecule has 1 aromatic carbocycles. The van der Waals surface area contributed by atoms with E-state index in [-0.39, 0.29) is 0 Å². The number of benzene rings is 1. The second kappa shape index (κ2) is 6.07. The average molecular weight is 201 g/mol. The largest absolute Gasteiger partial charge is 0.359 e. The Morgan fingerprint density at radius 3 is 2.47 bits per heavy atom. The van der Waals surface area contributed by atoms with Gasteiger partial charge >= 0.3 is 0 Å². The minimum Gasteiger partial charge on any atom is -0.359 e. The van der Waals surface area contributed by atoms with Gasteiger partial charge in [-0.05, 0) is 38.5 Å². The minimum atomic E-state index is 1.01. The van der Waals surface area contributed by atoms with Crippen molar-refractivity contribution in [3.63, 3.8) is 0 Å². The molecule has 0 saturated carbocycles. The molecule has 0 aliphatic rings. The Morgan fingerprint density at radius 2 is 1.93 bits per heavy atom. The second-order valence-corrected chi connectivity index (χ2v) is 3.56. The van der Waals surface area contributed by atoms with Crippen molar-refractivity contribution in [2.75, 3.05) is 5.32 Å². The van der Waals surface area contributed by atoms with E-state index in [1.807, 2.05) is 13.0 Å². The molecule has 0 atom stereocenters. The predicted molar refractivity (Wildman–Crippen MR) is 68.0 cm³/mol. The minimum absolute atomic E-state index is 1.01. The summed E-state index contributed by atoms with van der Waals surface area (Å²) >= 11 is 0. The van der Waals surface area contributed by atoms with Crippen molar-refractivity contribution in [3.05, 3.63) is 53.8 Å². The lowest BCUT2D eigenvalue weighted by Gasteiger charge is -2.08. The molecule has 80 valence electrons. The maximum absolute atomic E-state index is 3.40. The van der Waals surface area contributed by atoms with Gasteiger partial charge in [-0.25, -0.2) is 0 Å². The van der Waals surface area contributed by atoms with Crippen LogP contribution < -0.4 is 5.32 Å². The second-order valence-electron chi connectivity index (χ2n) is 3.56. The van der Waals surface area contributed by atoms with Gasteiger partial charge in [0.15, 0.2) is 0 Å². The average Bonchev–Trinajstić information content (AvgIpc) is 2.27. The van der Waals surface area contributed by atoms with Crippen LogP contribution in [0.5, 0.6) is 0 Å². The third kappa shape index (κ3) is 4.03. The highest BCUT2D eigenvalue weighted by Gasteiger charge is 1.94. The van der Waals surface area contributed by atoms with E-state index in [1.54, 1.807) is 0 Å². The van der Waals surface area contributed by atoms with E-state index in [0.29, 0.717) is 0 Å². The Hall–Kier alpha value is -1.50. The van der Waals surface area contributed by atoms with Gasteiger partial charge in [-0.2, -0.15) is 0 Å². The van der Waals surface area contributed by atoms with Gasteiger partial charge in [0.1, 0.15) is 0 Å². The molecule has 1 rings (SSSR count). The van der Waals surface area contributed by atoms with Crippen LogP contribution in [0.25, 0.3) is 0 Å². The van der Waals surface area contributed by atoms with Gasteiger partial charge in [0.25, 0.3) is 0 Å². The van der Waals surface area contributed by atoms with Crippen molar-refractivity contribution in [2.45, 2.75) is 27.2 Å². The molecule has 1 nitrogen and oxygen atoms in total. The van der Waals surface area contributed by atoms with Crippen LogP contribution >= 0.6 is 0 Å². The summed E-state index contributed by atoms with van der Waals surface area (Å²) in [6, 6.07) is 8.44. The van der Waals surface area contributed by atoms with Crippen LogP contribution in [0.2, 0.25) is 0 Å². The van der Waals surface area contributed by atoms with Crippen LogP contribution in [0.4, 0.5) is 5.69 Å². The van der Waals surface area contributed by atoms with E-state index >= 15 is 0 Å². The van der Waals surface area contributed by atoms with E-state index in [1.165, 1.54) is 11.3 Å². The molecule has 1 aromatic rings. The van der Waals surface area contributed by atoms with Crippen molar-refractivity contribution in [1.29, 1.82) is 0 Å². The van der Waals surface area contributed by atoms with E-state index in [2.05, 4.69) is 55.6 Å². The van der Waals surface area contributed by atoms with Crippen molar-refractivity contribution in [3.8, 4) is 0 Å². The Morgan fingerprint density at radius 1 is 1.27 bits per heavy atom. The first-order valence-corrected chi connectivity index (χ1v) is 5.41. The summed E-state index contributed by atoms with van der Waals surface area (Å²) in [4.78, 5) is 0. The molecular weight excluding hydrogens is 182 g/mol. The van der Waals surface area contributed by atoms with Crippen molar-refractivity contribution < 1.29 is 0 Å². The van der Waals surface area contributed by atoms with E-state index in [0.717, 1.165) is 12.1 Å². The molecule has 1 N–H and O–H groups in total. The molecule has 0 heterocycles. The van der Waals surface area contributed by atoms with Crippen molar-refractivity contribution >= 4 is 5.69 Å². The first-order chi connectivity index (χ1) is 7.26. The zero-order valence-corrected chi connectivity index (χ0v) is 9.75. The van der Waals surface area contributed by atoms with Crippen molar-refractivity contribution in [2.24, 2.45) is 0 Å². The van der Waals surface area contributed by atoms with Crippen LogP contribution in [0.1, 0.15) is 25.8 Å². The molecular formula is C14H19N. The number of hydrogen-bond donors (Lipinski definition) is 1. The van der Waals surface area contributed by atoms with Gasteiger partial charge in [0.2, 0.25) is 0 Å². The van der Waals surface area contributed by atoms with E-state index < -0.39 is 0 Å². The molecule has 15 heavy (non-hydrogen) atoms. The van der Waals surface area contributed by atoms with Gasteiger partial charge in [-0.3, -0.25) is 0 Å². The highest BCUT2D eigenvalue weighted by Crippen LogP contribution is 2.12. The molecule has 0 aliphatic carbocycles. The maximum atomic E-state index is 3.40. The lowest BCUT2D eigenvalue weighted by molar-refractivity contribution is 1.10. The number of hydrogen-bond acceptors (Lipinski definition) is 1. The summed E-state index contributed by atoms with van der Waals surface area (Å²) < 4.78 is 0. The van der Waals surface area contributed by atoms with Crippen molar-refractivity contribution in [1.82, 2.24) is 0 Å². The summed E-state index contributed by atoms with van der Waals surface area (Å²) in [6.45, 7) is 6.27. The third-order valence-corrected chi connectivity index (χ3v) is 2.23. The SMILES string of the molecule is C/C=C\C=C(/CC)Nc1ccc(C)cc1. The number of nitrogens with one attached hydrogen (secondary N) is 1. The summed E-state index contributed by atoms with van der Waals surface area (Å²) in [5.74, 6) is 0. The topological polar surface area (TPSA) is 12.0 Å². The van der Waals surface area contributed by atoms with Crippen LogP contribution in [0.3, 0.4) is 0 Å². The molecule has 0 radical (unpaired) electrons. The monoisotopic (exact) mass is 201 g/mol. The zero-order valence-electron chi connectivity index (χ0n) is 9.75. The fourth-order valence-electron chi connectivity index (χ4n) is 1.28. The molecule has 0 unspecified atom stereocenters. The summed E-state index contributed by atoms with van der Waals surface area (Å²) in [6.07, 6.45) is 7.21. The first kappa shape index (κ1) is 11.6. The lowest BCUT2D eigenvalue weighted by atomic mass is 10.2. The lowest BCUT2D eigenvalue weighted by Crippen LogP contribution is -1.97.